The van der Waals surface area contributed by atoms with Gasteiger partial charge in [-0.2, -0.15) is 0 Å². The van der Waals surface area contributed by atoms with Crippen LogP contribution in [0.5, 0.6) is 0 Å². The molecule has 7 nitrogen and oxygen atoms in total. The fourth-order valence-corrected chi connectivity index (χ4v) is 1.91. The van der Waals surface area contributed by atoms with Crippen LogP contribution in [0.15, 0.2) is 16.7 Å². The number of fused-ring (bicyclic) bond motifs is 1. The lowest BCUT2D eigenvalue weighted by atomic mass is 10.4. The van der Waals surface area contributed by atoms with Gasteiger partial charge in [-0.05, 0) is 35.0 Å². The van der Waals surface area contributed by atoms with Crippen LogP contribution in [0.2, 0.25) is 0 Å². The van der Waals surface area contributed by atoms with Crippen molar-refractivity contribution >= 4 is 39.1 Å². The molecular formula is C11H11BrN4O3. The summed E-state index contributed by atoms with van der Waals surface area (Å²) in [5, 5.41) is 6.61. The molecule has 0 fully saturated rings. The molecule has 8 heteroatoms. The zero-order valence-electron chi connectivity index (χ0n) is 10.3. The van der Waals surface area contributed by atoms with E-state index < -0.39 is 5.97 Å². The molecule has 0 saturated carbocycles. The van der Waals surface area contributed by atoms with Gasteiger partial charge >= 0.3 is 5.97 Å². The van der Waals surface area contributed by atoms with E-state index in [2.05, 4.69) is 31.3 Å². The van der Waals surface area contributed by atoms with Gasteiger partial charge in [-0.25, -0.2) is 14.3 Å². The van der Waals surface area contributed by atoms with E-state index in [1.54, 1.807) is 19.1 Å². The Kier molecular flexibility index (Phi) is 3.79. The molecule has 2 aromatic heterocycles. The molecule has 0 spiro atoms. The molecule has 0 radical (unpaired) electrons. The van der Waals surface area contributed by atoms with Gasteiger partial charge in [0, 0.05) is 6.92 Å². The normalized spacial score (nSPS) is 10.5. The van der Waals surface area contributed by atoms with Crippen molar-refractivity contribution in [2.45, 2.75) is 13.8 Å². The van der Waals surface area contributed by atoms with Gasteiger partial charge in [0.25, 0.3) is 5.82 Å². The Labute approximate surface area is 117 Å². The molecule has 0 aliphatic carbocycles. The van der Waals surface area contributed by atoms with Gasteiger partial charge in [0.2, 0.25) is 5.91 Å². The highest BCUT2D eigenvalue weighted by atomic mass is 79.9. The summed E-state index contributed by atoms with van der Waals surface area (Å²) in [6.45, 7) is 3.28. The fourth-order valence-electron chi connectivity index (χ4n) is 1.51. The molecule has 0 saturated heterocycles. The number of carbonyl (C=O) groups excluding carboxylic acids is 2. The first-order valence-electron chi connectivity index (χ1n) is 5.53. The lowest BCUT2D eigenvalue weighted by molar-refractivity contribution is -0.114. The van der Waals surface area contributed by atoms with Crippen LogP contribution in [-0.2, 0) is 9.53 Å². The summed E-state index contributed by atoms with van der Waals surface area (Å²) in [5.41, 5.74) is 0.579. The van der Waals surface area contributed by atoms with E-state index in [1.165, 1.54) is 11.4 Å². The van der Waals surface area contributed by atoms with E-state index in [0.717, 1.165) is 0 Å². The summed E-state index contributed by atoms with van der Waals surface area (Å²) >= 11 is 3.30. The topological polar surface area (TPSA) is 85.6 Å². The van der Waals surface area contributed by atoms with Gasteiger partial charge in [0.15, 0.2) is 5.82 Å². The molecule has 1 N–H and O–H groups in total. The number of esters is 1. The number of hydrogen-bond acceptors (Lipinski definition) is 5. The van der Waals surface area contributed by atoms with Crippen molar-refractivity contribution in [1.29, 1.82) is 0 Å². The van der Waals surface area contributed by atoms with E-state index in [-0.39, 0.29) is 24.2 Å². The summed E-state index contributed by atoms with van der Waals surface area (Å²) in [6.07, 6.45) is 0. The van der Waals surface area contributed by atoms with E-state index in [4.69, 9.17) is 4.74 Å². The van der Waals surface area contributed by atoms with Crippen LogP contribution in [0.1, 0.15) is 24.5 Å². The molecular weight excluding hydrogens is 316 g/mol. The SMILES string of the molecule is CCOC(=O)c1nc(NC(C)=O)c2ccc(Br)n2n1. The smallest absolute Gasteiger partial charge is 0.378 e. The zero-order valence-corrected chi connectivity index (χ0v) is 11.9. The molecule has 2 heterocycles. The molecule has 100 valence electrons. The molecule has 0 aliphatic heterocycles. The molecule has 0 unspecified atom stereocenters. The molecule has 0 aliphatic rings. The van der Waals surface area contributed by atoms with Crippen molar-refractivity contribution in [3.63, 3.8) is 0 Å². The van der Waals surface area contributed by atoms with Crippen molar-refractivity contribution in [3.8, 4) is 0 Å². The van der Waals surface area contributed by atoms with E-state index >= 15 is 0 Å². The number of anilines is 1. The summed E-state index contributed by atoms with van der Waals surface area (Å²) in [6, 6.07) is 3.47. The van der Waals surface area contributed by atoms with Crippen LogP contribution in [0.3, 0.4) is 0 Å². The number of hydrogen-bond donors (Lipinski definition) is 1. The number of nitrogens with zero attached hydrogens (tertiary/aromatic N) is 3. The fraction of sp³-hybridized carbons (Fsp3) is 0.273. The number of rotatable bonds is 3. The first-order valence-corrected chi connectivity index (χ1v) is 6.32. The Morgan fingerprint density at radius 3 is 2.84 bits per heavy atom. The van der Waals surface area contributed by atoms with Gasteiger partial charge in [-0.15, -0.1) is 5.10 Å². The molecule has 0 aromatic carbocycles. The Morgan fingerprint density at radius 1 is 1.47 bits per heavy atom. The highest BCUT2D eigenvalue weighted by molar-refractivity contribution is 9.10. The predicted octanol–water partition coefficient (Wildman–Crippen LogP) is 1.63. The summed E-state index contributed by atoms with van der Waals surface area (Å²) < 4.78 is 6.95. The Hall–Kier alpha value is -1.96. The largest absolute Gasteiger partial charge is 0.460 e. The Bertz CT molecular complexity index is 653. The second-order valence-corrected chi connectivity index (χ2v) is 4.45. The summed E-state index contributed by atoms with van der Waals surface area (Å²) in [4.78, 5) is 26.8. The summed E-state index contributed by atoms with van der Waals surface area (Å²) in [7, 11) is 0. The first-order chi connectivity index (χ1) is 9.02. The zero-order chi connectivity index (χ0) is 14.0. The second kappa shape index (κ2) is 5.35. The number of carbonyl (C=O) groups is 2. The van der Waals surface area contributed by atoms with Crippen LogP contribution in [0.4, 0.5) is 5.82 Å². The number of halogens is 1. The van der Waals surface area contributed by atoms with Crippen molar-refractivity contribution in [2.24, 2.45) is 0 Å². The number of aromatic nitrogens is 3. The van der Waals surface area contributed by atoms with Crippen LogP contribution in [0, 0.1) is 0 Å². The highest BCUT2D eigenvalue weighted by Gasteiger charge is 2.17. The average Bonchev–Trinajstić information content (AvgIpc) is 2.71. The first kappa shape index (κ1) is 13.5. The molecule has 1 amide bonds. The average molecular weight is 327 g/mol. The number of amides is 1. The number of nitrogens with one attached hydrogen (secondary N) is 1. The van der Waals surface area contributed by atoms with E-state index in [0.29, 0.717) is 10.1 Å². The molecule has 0 bridgehead atoms. The summed E-state index contributed by atoms with van der Waals surface area (Å²) in [5.74, 6) is -0.782. The Balaban J connectivity index is 2.57. The lowest BCUT2D eigenvalue weighted by Gasteiger charge is -2.07. The third-order valence-corrected chi connectivity index (χ3v) is 2.82. The van der Waals surface area contributed by atoms with Crippen molar-refractivity contribution in [2.75, 3.05) is 11.9 Å². The molecule has 2 aromatic rings. The highest BCUT2D eigenvalue weighted by Crippen LogP contribution is 2.20. The third kappa shape index (κ3) is 2.73. The van der Waals surface area contributed by atoms with E-state index in [1.807, 2.05) is 0 Å². The van der Waals surface area contributed by atoms with Crippen LogP contribution in [0.25, 0.3) is 5.52 Å². The minimum atomic E-state index is -0.642. The standard InChI is InChI=1S/C11H11BrN4O3/c1-3-19-11(18)10-14-9(13-6(2)17)7-4-5-8(12)16(7)15-10/h4-5H,3H2,1-2H3,(H,13,14,15,17). The maximum atomic E-state index is 11.7. The predicted molar refractivity (Wildman–Crippen MR) is 70.9 cm³/mol. The van der Waals surface area contributed by atoms with Crippen molar-refractivity contribution < 1.29 is 14.3 Å². The van der Waals surface area contributed by atoms with E-state index in [9.17, 15) is 9.59 Å². The van der Waals surface area contributed by atoms with Crippen LogP contribution >= 0.6 is 15.9 Å². The third-order valence-electron chi connectivity index (χ3n) is 2.22. The molecule has 2 rings (SSSR count). The number of ether oxygens (including phenoxy) is 1. The Morgan fingerprint density at radius 2 is 2.21 bits per heavy atom. The lowest BCUT2D eigenvalue weighted by Crippen LogP contribution is -2.16. The maximum Gasteiger partial charge on any atom is 0.378 e. The van der Waals surface area contributed by atoms with Gasteiger partial charge in [-0.1, -0.05) is 0 Å². The van der Waals surface area contributed by atoms with Crippen LogP contribution in [-0.4, -0.2) is 33.1 Å². The quantitative estimate of drug-likeness (QED) is 0.866. The maximum absolute atomic E-state index is 11.7. The van der Waals surface area contributed by atoms with Gasteiger partial charge < -0.3 is 10.1 Å². The van der Waals surface area contributed by atoms with Crippen molar-refractivity contribution in [1.82, 2.24) is 14.6 Å². The second-order valence-electron chi connectivity index (χ2n) is 3.64. The van der Waals surface area contributed by atoms with Gasteiger partial charge in [0.1, 0.15) is 10.1 Å². The minimum Gasteiger partial charge on any atom is -0.460 e. The minimum absolute atomic E-state index is 0.116. The van der Waals surface area contributed by atoms with Gasteiger partial charge in [0.05, 0.1) is 6.61 Å². The molecule has 19 heavy (non-hydrogen) atoms. The van der Waals surface area contributed by atoms with Gasteiger partial charge in [-0.3, -0.25) is 4.79 Å². The molecule has 0 atom stereocenters. The monoisotopic (exact) mass is 326 g/mol. The van der Waals surface area contributed by atoms with Crippen molar-refractivity contribution in [3.05, 3.63) is 22.6 Å². The van der Waals surface area contributed by atoms with Crippen LogP contribution < -0.4 is 5.32 Å².